The van der Waals surface area contributed by atoms with E-state index in [9.17, 15) is 0 Å². The molecule has 0 saturated heterocycles. The molecule has 1 aromatic heterocycles. The van der Waals surface area contributed by atoms with Crippen LogP contribution in [0.3, 0.4) is 0 Å². The molecule has 104 valence electrons. The summed E-state index contributed by atoms with van der Waals surface area (Å²) in [6, 6.07) is 11.3. The number of benzene rings is 2. The molecule has 2 aromatic carbocycles. The summed E-state index contributed by atoms with van der Waals surface area (Å²) < 4.78 is 11.7. The summed E-state index contributed by atoms with van der Waals surface area (Å²) in [6.45, 7) is 0.472. The molecule has 3 aromatic rings. The van der Waals surface area contributed by atoms with Crippen molar-refractivity contribution < 1.29 is 9.47 Å². The molecule has 0 saturated carbocycles. The lowest BCUT2D eigenvalue weighted by molar-refractivity contribution is 0.165. The van der Waals surface area contributed by atoms with Crippen molar-refractivity contribution in [3.05, 3.63) is 59.5 Å². The molecule has 4 nitrogen and oxygen atoms in total. The van der Waals surface area contributed by atoms with Gasteiger partial charge in [0.25, 0.3) is 0 Å². The Morgan fingerprint density at radius 1 is 1.24 bits per heavy atom. The summed E-state index contributed by atoms with van der Waals surface area (Å²) in [6.07, 6.45) is 3.11. The van der Waals surface area contributed by atoms with E-state index in [0.29, 0.717) is 11.6 Å². The Hall–Kier alpha value is -2.33. The Morgan fingerprint density at radius 3 is 3.14 bits per heavy atom. The van der Waals surface area contributed by atoms with Gasteiger partial charge < -0.3 is 9.47 Å². The van der Waals surface area contributed by atoms with Crippen molar-refractivity contribution in [1.29, 1.82) is 0 Å². The standard InChI is InChI=1S/C16H11ClN2O2/c17-10-4-5-14-11(6-10)16(8-20-14)21-15-3-1-2-13-12(15)7-18-9-19-13/h1-7,9,16H,8H2. The van der Waals surface area contributed by atoms with Gasteiger partial charge in [0.1, 0.15) is 24.4 Å². The van der Waals surface area contributed by atoms with E-state index in [1.54, 1.807) is 6.20 Å². The fourth-order valence-corrected chi connectivity index (χ4v) is 2.67. The first-order valence-corrected chi connectivity index (χ1v) is 6.97. The van der Waals surface area contributed by atoms with Crippen molar-refractivity contribution in [1.82, 2.24) is 9.97 Å². The second-order valence-electron chi connectivity index (χ2n) is 4.81. The van der Waals surface area contributed by atoms with Crippen LogP contribution in [0.2, 0.25) is 5.02 Å². The van der Waals surface area contributed by atoms with Crippen LogP contribution in [-0.4, -0.2) is 16.6 Å². The van der Waals surface area contributed by atoms with E-state index in [1.165, 1.54) is 6.33 Å². The third kappa shape index (κ3) is 2.17. The van der Waals surface area contributed by atoms with Crippen molar-refractivity contribution in [2.75, 3.05) is 6.61 Å². The van der Waals surface area contributed by atoms with Gasteiger partial charge in [-0.05, 0) is 30.3 Å². The molecule has 4 rings (SSSR count). The Bertz CT molecular complexity index is 817. The lowest BCUT2D eigenvalue weighted by Crippen LogP contribution is -2.09. The average molecular weight is 299 g/mol. The van der Waals surface area contributed by atoms with E-state index in [2.05, 4.69) is 9.97 Å². The van der Waals surface area contributed by atoms with E-state index >= 15 is 0 Å². The first kappa shape index (κ1) is 12.4. The fraction of sp³-hybridized carbons (Fsp3) is 0.125. The zero-order valence-corrected chi connectivity index (χ0v) is 11.7. The van der Waals surface area contributed by atoms with Crippen molar-refractivity contribution in [2.45, 2.75) is 6.10 Å². The lowest BCUT2D eigenvalue weighted by Gasteiger charge is -2.14. The maximum Gasteiger partial charge on any atom is 0.161 e. The van der Waals surface area contributed by atoms with E-state index in [1.807, 2.05) is 36.4 Å². The Morgan fingerprint density at radius 2 is 2.19 bits per heavy atom. The topological polar surface area (TPSA) is 44.2 Å². The number of aromatic nitrogens is 2. The number of hydrogen-bond acceptors (Lipinski definition) is 4. The van der Waals surface area contributed by atoms with Crippen LogP contribution in [-0.2, 0) is 0 Å². The molecule has 0 spiro atoms. The van der Waals surface area contributed by atoms with Crippen LogP contribution in [0, 0.1) is 0 Å². The number of halogens is 1. The number of nitrogens with zero attached hydrogens (tertiary/aromatic N) is 2. The minimum Gasteiger partial charge on any atom is -0.489 e. The Balaban J connectivity index is 1.73. The summed E-state index contributed by atoms with van der Waals surface area (Å²) in [4.78, 5) is 8.29. The number of ether oxygens (including phenoxy) is 2. The molecule has 0 aliphatic carbocycles. The number of hydrogen-bond donors (Lipinski definition) is 0. The highest BCUT2D eigenvalue weighted by Crippen LogP contribution is 2.38. The van der Waals surface area contributed by atoms with E-state index in [4.69, 9.17) is 21.1 Å². The van der Waals surface area contributed by atoms with Crippen LogP contribution in [0.5, 0.6) is 11.5 Å². The summed E-state index contributed by atoms with van der Waals surface area (Å²) in [5.74, 6) is 1.57. The minimum absolute atomic E-state index is 0.176. The quantitative estimate of drug-likeness (QED) is 0.722. The zero-order valence-electron chi connectivity index (χ0n) is 11.0. The zero-order chi connectivity index (χ0) is 14.2. The molecule has 1 unspecified atom stereocenters. The third-order valence-corrected chi connectivity index (χ3v) is 3.72. The molecule has 1 atom stereocenters. The van der Waals surface area contributed by atoms with Crippen LogP contribution in [0.25, 0.3) is 10.9 Å². The predicted molar refractivity (Wildman–Crippen MR) is 79.9 cm³/mol. The van der Waals surface area contributed by atoms with Gasteiger partial charge in [-0.15, -0.1) is 0 Å². The molecule has 0 radical (unpaired) electrons. The molecular weight excluding hydrogens is 288 g/mol. The second kappa shape index (κ2) is 4.90. The predicted octanol–water partition coefficient (Wildman–Crippen LogP) is 3.80. The average Bonchev–Trinajstić information content (AvgIpc) is 2.90. The monoisotopic (exact) mass is 298 g/mol. The fourth-order valence-electron chi connectivity index (χ4n) is 2.49. The van der Waals surface area contributed by atoms with Crippen molar-refractivity contribution in [3.8, 4) is 11.5 Å². The Kier molecular flexibility index (Phi) is 2.89. The molecule has 5 heteroatoms. The van der Waals surface area contributed by atoms with Crippen LogP contribution >= 0.6 is 11.6 Å². The Labute approximate surface area is 126 Å². The number of rotatable bonds is 2. The SMILES string of the molecule is Clc1ccc2c(c1)C(Oc1cccc3ncncc13)CO2. The molecular formula is C16H11ClN2O2. The summed E-state index contributed by atoms with van der Waals surface area (Å²) >= 11 is 6.06. The van der Waals surface area contributed by atoms with Crippen LogP contribution in [0.1, 0.15) is 11.7 Å². The largest absolute Gasteiger partial charge is 0.489 e. The highest BCUT2D eigenvalue weighted by molar-refractivity contribution is 6.30. The van der Waals surface area contributed by atoms with Gasteiger partial charge in [0.2, 0.25) is 0 Å². The van der Waals surface area contributed by atoms with Gasteiger partial charge in [-0.1, -0.05) is 17.7 Å². The summed E-state index contributed by atoms with van der Waals surface area (Å²) in [5.41, 5.74) is 1.82. The van der Waals surface area contributed by atoms with Crippen molar-refractivity contribution in [3.63, 3.8) is 0 Å². The van der Waals surface area contributed by atoms with Gasteiger partial charge >= 0.3 is 0 Å². The summed E-state index contributed by atoms with van der Waals surface area (Å²) in [7, 11) is 0. The summed E-state index contributed by atoms with van der Waals surface area (Å²) in [5, 5.41) is 1.56. The lowest BCUT2D eigenvalue weighted by atomic mass is 10.1. The van der Waals surface area contributed by atoms with Gasteiger partial charge in [-0.3, -0.25) is 0 Å². The van der Waals surface area contributed by atoms with E-state index in [0.717, 1.165) is 28.0 Å². The van der Waals surface area contributed by atoms with E-state index in [-0.39, 0.29) is 6.10 Å². The minimum atomic E-state index is -0.176. The van der Waals surface area contributed by atoms with Gasteiger partial charge in [0.05, 0.1) is 10.9 Å². The first-order valence-electron chi connectivity index (χ1n) is 6.59. The van der Waals surface area contributed by atoms with E-state index < -0.39 is 0 Å². The van der Waals surface area contributed by atoms with Gasteiger partial charge in [-0.2, -0.15) is 0 Å². The molecule has 0 N–H and O–H groups in total. The molecule has 2 heterocycles. The van der Waals surface area contributed by atoms with Crippen LogP contribution in [0.4, 0.5) is 0 Å². The smallest absolute Gasteiger partial charge is 0.161 e. The third-order valence-electron chi connectivity index (χ3n) is 3.49. The molecule has 0 amide bonds. The molecule has 21 heavy (non-hydrogen) atoms. The van der Waals surface area contributed by atoms with Crippen molar-refractivity contribution in [2.24, 2.45) is 0 Å². The molecule has 1 aliphatic heterocycles. The highest BCUT2D eigenvalue weighted by Gasteiger charge is 2.26. The van der Waals surface area contributed by atoms with Crippen LogP contribution in [0.15, 0.2) is 48.9 Å². The highest BCUT2D eigenvalue weighted by atomic mass is 35.5. The number of fused-ring (bicyclic) bond motifs is 2. The van der Waals surface area contributed by atoms with Gasteiger partial charge in [-0.25, -0.2) is 9.97 Å². The van der Waals surface area contributed by atoms with Crippen molar-refractivity contribution >= 4 is 22.5 Å². The second-order valence-corrected chi connectivity index (χ2v) is 5.25. The van der Waals surface area contributed by atoms with Gasteiger partial charge in [0, 0.05) is 16.8 Å². The maximum atomic E-state index is 6.11. The molecule has 0 bridgehead atoms. The maximum absolute atomic E-state index is 6.11. The normalized spacial score (nSPS) is 16.5. The first-order chi connectivity index (χ1) is 10.3. The van der Waals surface area contributed by atoms with Crippen LogP contribution < -0.4 is 9.47 Å². The van der Waals surface area contributed by atoms with Gasteiger partial charge in [0.15, 0.2) is 6.10 Å². The molecule has 0 fully saturated rings. The molecule has 1 aliphatic rings.